The van der Waals surface area contributed by atoms with E-state index < -0.39 is 0 Å². The number of nitrogens with zero attached hydrogens (tertiary/aromatic N) is 1. The molecule has 1 aromatic heterocycles. The third-order valence-corrected chi connectivity index (χ3v) is 3.66. The Bertz CT molecular complexity index is 725. The van der Waals surface area contributed by atoms with Crippen LogP contribution in [0.3, 0.4) is 0 Å². The lowest BCUT2D eigenvalue weighted by atomic mass is 10.2. The van der Waals surface area contributed by atoms with Gasteiger partial charge in [0, 0.05) is 22.7 Å². The number of halogens is 2. The second-order valence-corrected chi connectivity index (χ2v) is 5.70. The van der Waals surface area contributed by atoms with Crippen LogP contribution in [0.2, 0.25) is 0 Å². The van der Waals surface area contributed by atoms with Gasteiger partial charge >= 0.3 is 0 Å². The van der Waals surface area contributed by atoms with Gasteiger partial charge in [0.15, 0.2) is 0 Å². The molecule has 3 rings (SSSR count). The van der Waals surface area contributed by atoms with E-state index in [1.54, 1.807) is 6.07 Å². The molecule has 2 aromatic carbocycles. The molecule has 0 bridgehead atoms. The van der Waals surface area contributed by atoms with Crippen molar-refractivity contribution < 1.29 is 4.39 Å². The molecule has 0 aliphatic heterocycles. The van der Waals surface area contributed by atoms with E-state index in [-0.39, 0.29) is 5.82 Å². The molecule has 3 heteroatoms. The lowest BCUT2D eigenvalue weighted by Gasteiger charge is -2.07. The van der Waals surface area contributed by atoms with Gasteiger partial charge in [-0.15, -0.1) is 0 Å². The highest BCUT2D eigenvalue weighted by Gasteiger charge is 2.04. The summed E-state index contributed by atoms with van der Waals surface area (Å²) in [6, 6.07) is 13.5. The van der Waals surface area contributed by atoms with Gasteiger partial charge in [-0.3, -0.25) is 0 Å². The first-order chi connectivity index (χ1) is 9.11. The highest BCUT2D eigenvalue weighted by Crippen LogP contribution is 2.21. The standard InChI is InChI=1S/C16H13BrFN/c1-11-2-3-13-4-5-19(16(13)6-11)10-12-7-14(17)9-15(18)8-12/h2-9H,10H2,1H3. The molecule has 96 valence electrons. The highest BCUT2D eigenvalue weighted by atomic mass is 79.9. The monoisotopic (exact) mass is 317 g/mol. The summed E-state index contributed by atoms with van der Waals surface area (Å²) in [5, 5.41) is 1.21. The van der Waals surface area contributed by atoms with Crippen LogP contribution in [0.15, 0.2) is 53.1 Å². The van der Waals surface area contributed by atoms with Gasteiger partial charge in [-0.1, -0.05) is 28.1 Å². The van der Waals surface area contributed by atoms with Crippen molar-refractivity contribution in [1.82, 2.24) is 4.57 Å². The van der Waals surface area contributed by atoms with Gasteiger partial charge in [0.1, 0.15) is 5.82 Å². The maximum Gasteiger partial charge on any atom is 0.124 e. The minimum absolute atomic E-state index is 0.211. The molecule has 0 amide bonds. The quantitative estimate of drug-likeness (QED) is 0.633. The smallest absolute Gasteiger partial charge is 0.124 e. The number of benzene rings is 2. The molecule has 3 aromatic rings. The van der Waals surface area contributed by atoms with Crippen molar-refractivity contribution in [3.8, 4) is 0 Å². The SMILES string of the molecule is Cc1ccc2ccn(Cc3cc(F)cc(Br)c3)c2c1. The van der Waals surface area contributed by atoms with Crippen LogP contribution >= 0.6 is 15.9 Å². The largest absolute Gasteiger partial charge is 0.343 e. The summed E-state index contributed by atoms with van der Waals surface area (Å²) in [6.07, 6.45) is 2.04. The minimum atomic E-state index is -0.211. The van der Waals surface area contributed by atoms with Gasteiger partial charge in [-0.05, 0) is 53.8 Å². The van der Waals surface area contributed by atoms with E-state index in [1.807, 2.05) is 12.3 Å². The Morgan fingerprint density at radius 3 is 2.74 bits per heavy atom. The van der Waals surface area contributed by atoms with E-state index in [1.165, 1.54) is 22.5 Å². The number of aryl methyl sites for hydroxylation is 1. The summed E-state index contributed by atoms with van der Waals surface area (Å²) in [4.78, 5) is 0. The van der Waals surface area contributed by atoms with Crippen LogP contribution in [0.25, 0.3) is 10.9 Å². The zero-order chi connectivity index (χ0) is 13.4. The Labute approximate surface area is 119 Å². The van der Waals surface area contributed by atoms with Crippen LogP contribution in [0.4, 0.5) is 4.39 Å². The lowest BCUT2D eigenvalue weighted by molar-refractivity contribution is 0.623. The maximum absolute atomic E-state index is 13.4. The van der Waals surface area contributed by atoms with Gasteiger partial charge in [0.25, 0.3) is 0 Å². The average Bonchev–Trinajstić information content (AvgIpc) is 2.70. The first-order valence-corrected chi connectivity index (χ1v) is 6.91. The fourth-order valence-corrected chi connectivity index (χ4v) is 2.84. The summed E-state index contributed by atoms with van der Waals surface area (Å²) in [6.45, 7) is 2.75. The zero-order valence-corrected chi connectivity index (χ0v) is 12.1. The number of fused-ring (bicyclic) bond motifs is 1. The van der Waals surface area contributed by atoms with E-state index in [4.69, 9.17) is 0 Å². The van der Waals surface area contributed by atoms with E-state index in [2.05, 4.69) is 51.7 Å². The Morgan fingerprint density at radius 1 is 1.11 bits per heavy atom. The Morgan fingerprint density at radius 2 is 1.95 bits per heavy atom. The van der Waals surface area contributed by atoms with Crippen molar-refractivity contribution in [2.24, 2.45) is 0 Å². The molecule has 0 unspecified atom stereocenters. The molecule has 0 radical (unpaired) electrons. The first-order valence-electron chi connectivity index (χ1n) is 6.12. The summed E-state index contributed by atoms with van der Waals surface area (Å²) in [5.74, 6) is -0.211. The Hall–Kier alpha value is -1.61. The van der Waals surface area contributed by atoms with E-state index in [0.29, 0.717) is 6.54 Å². The van der Waals surface area contributed by atoms with Crippen LogP contribution in [-0.2, 0) is 6.54 Å². The third-order valence-electron chi connectivity index (χ3n) is 3.20. The number of rotatable bonds is 2. The van der Waals surface area contributed by atoms with Crippen molar-refractivity contribution >= 4 is 26.8 Å². The van der Waals surface area contributed by atoms with Gasteiger partial charge < -0.3 is 4.57 Å². The molecular weight excluding hydrogens is 305 g/mol. The molecule has 0 spiro atoms. The van der Waals surface area contributed by atoms with E-state index >= 15 is 0 Å². The summed E-state index contributed by atoms with van der Waals surface area (Å²) in [5.41, 5.74) is 3.36. The van der Waals surface area contributed by atoms with E-state index in [9.17, 15) is 4.39 Å². The summed E-state index contributed by atoms with van der Waals surface area (Å²) in [7, 11) is 0. The fourth-order valence-electron chi connectivity index (χ4n) is 2.33. The molecule has 0 N–H and O–H groups in total. The van der Waals surface area contributed by atoms with Gasteiger partial charge in [-0.2, -0.15) is 0 Å². The normalized spacial score (nSPS) is 11.1. The van der Waals surface area contributed by atoms with Crippen LogP contribution < -0.4 is 0 Å². The van der Waals surface area contributed by atoms with Crippen LogP contribution in [0, 0.1) is 12.7 Å². The van der Waals surface area contributed by atoms with E-state index in [0.717, 1.165) is 10.0 Å². The first kappa shape index (κ1) is 12.4. The number of hydrogen-bond acceptors (Lipinski definition) is 0. The van der Waals surface area contributed by atoms with Crippen molar-refractivity contribution in [3.63, 3.8) is 0 Å². The summed E-state index contributed by atoms with van der Waals surface area (Å²) >= 11 is 3.33. The molecule has 0 saturated heterocycles. The Balaban J connectivity index is 2.03. The molecule has 1 heterocycles. The van der Waals surface area contributed by atoms with Crippen LogP contribution in [-0.4, -0.2) is 4.57 Å². The molecule has 1 nitrogen and oxygen atoms in total. The van der Waals surface area contributed by atoms with Crippen LogP contribution in [0.1, 0.15) is 11.1 Å². The molecule has 0 saturated carbocycles. The topological polar surface area (TPSA) is 4.93 Å². The summed E-state index contributed by atoms with van der Waals surface area (Å²) < 4.78 is 16.3. The number of hydrogen-bond donors (Lipinski definition) is 0. The van der Waals surface area contributed by atoms with Gasteiger partial charge in [0.2, 0.25) is 0 Å². The lowest BCUT2D eigenvalue weighted by Crippen LogP contribution is -1.98. The van der Waals surface area contributed by atoms with Crippen molar-refractivity contribution in [2.75, 3.05) is 0 Å². The highest BCUT2D eigenvalue weighted by molar-refractivity contribution is 9.10. The van der Waals surface area contributed by atoms with Gasteiger partial charge in [0.05, 0.1) is 0 Å². The average molecular weight is 318 g/mol. The molecule has 0 aliphatic carbocycles. The molecule has 0 fully saturated rings. The predicted octanol–water partition coefficient (Wildman–Crippen LogP) is 4.90. The maximum atomic E-state index is 13.4. The number of aromatic nitrogens is 1. The Kier molecular flexibility index (Phi) is 3.15. The molecule has 0 aliphatic rings. The van der Waals surface area contributed by atoms with Crippen molar-refractivity contribution in [1.29, 1.82) is 0 Å². The predicted molar refractivity (Wildman–Crippen MR) is 79.9 cm³/mol. The molecular formula is C16H13BrFN. The third kappa shape index (κ3) is 2.56. The van der Waals surface area contributed by atoms with Crippen molar-refractivity contribution in [2.45, 2.75) is 13.5 Å². The van der Waals surface area contributed by atoms with Gasteiger partial charge in [-0.25, -0.2) is 4.39 Å². The molecule has 19 heavy (non-hydrogen) atoms. The minimum Gasteiger partial charge on any atom is -0.343 e. The van der Waals surface area contributed by atoms with Crippen LogP contribution in [0.5, 0.6) is 0 Å². The fraction of sp³-hybridized carbons (Fsp3) is 0.125. The second kappa shape index (κ2) is 4.82. The van der Waals surface area contributed by atoms with Crippen molar-refractivity contribution in [3.05, 3.63) is 70.1 Å². The zero-order valence-electron chi connectivity index (χ0n) is 10.5. The molecule has 0 atom stereocenters. The second-order valence-electron chi connectivity index (χ2n) is 4.78.